The molecule has 3 aromatic rings. The van der Waals surface area contributed by atoms with Crippen molar-refractivity contribution >= 4 is 22.6 Å². The van der Waals surface area contributed by atoms with Gasteiger partial charge in [-0.25, -0.2) is 9.97 Å². The Morgan fingerprint density at radius 2 is 2.08 bits per heavy atom. The molecule has 4 rings (SSSR count). The molecule has 0 fully saturated rings. The number of nitrogens with zero attached hydrogens (tertiary/aromatic N) is 3. The van der Waals surface area contributed by atoms with Crippen molar-refractivity contribution in [3.05, 3.63) is 59.4 Å². The normalized spacial score (nSPS) is 13.0. The van der Waals surface area contributed by atoms with Gasteiger partial charge in [0.1, 0.15) is 5.75 Å². The zero-order chi connectivity index (χ0) is 18.1. The van der Waals surface area contributed by atoms with Crippen LogP contribution in [0.25, 0.3) is 10.8 Å². The summed E-state index contributed by atoms with van der Waals surface area (Å²) in [5, 5.41) is 2.28. The molecule has 26 heavy (non-hydrogen) atoms. The highest BCUT2D eigenvalue weighted by molar-refractivity contribution is 5.88. The molecule has 0 spiro atoms. The maximum Gasteiger partial charge on any atom is 0.223 e. The van der Waals surface area contributed by atoms with Gasteiger partial charge in [0.05, 0.1) is 19.3 Å². The second-order valence-corrected chi connectivity index (χ2v) is 6.42. The Kier molecular flexibility index (Phi) is 4.16. The molecule has 6 heteroatoms. The first-order valence-corrected chi connectivity index (χ1v) is 8.58. The summed E-state index contributed by atoms with van der Waals surface area (Å²) in [7, 11) is 1.66. The van der Waals surface area contributed by atoms with Crippen LogP contribution in [0.3, 0.4) is 0 Å². The van der Waals surface area contributed by atoms with Gasteiger partial charge >= 0.3 is 0 Å². The summed E-state index contributed by atoms with van der Waals surface area (Å²) < 4.78 is 5.52. The van der Waals surface area contributed by atoms with Crippen molar-refractivity contribution in [3.63, 3.8) is 0 Å². The lowest BCUT2D eigenvalue weighted by atomic mass is 9.99. The number of rotatable bonds is 4. The summed E-state index contributed by atoms with van der Waals surface area (Å²) in [5.74, 6) is 1.16. The van der Waals surface area contributed by atoms with Gasteiger partial charge in [-0.3, -0.25) is 4.79 Å². The molecular formula is C20H20N4O2. The monoisotopic (exact) mass is 348 g/mol. The summed E-state index contributed by atoms with van der Waals surface area (Å²) >= 11 is 0. The lowest BCUT2D eigenvalue weighted by Gasteiger charge is -2.16. The van der Waals surface area contributed by atoms with E-state index in [-0.39, 0.29) is 11.9 Å². The molecule has 0 bridgehead atoms. The predicted octanol–water partition coefficient (Wildman–Crippen LogP) is 2.70. The Morgan fingerprint density at radius 1 is 1.23 bits per heavy atom. The molecule has 1 amide bonds. The average molecular weight is 348 g/mol. The van der Waals surface area contributed by atoms with Gasteiger partial charge < -0.3 is 15.4 Å². The molecule has 132 valence electrons. The van der Waals surface area contributed by atoms with Crippen LogP contribution >= 0.6 is 0 Å². The summed E-state index contributed by atoms with van der Waals surface area (Å²) in [5.41, 5.74) is 8.51. The quantitative estimate of drug-likeness (QED) is 0.784. The zero-order valence-corrected chi connectivity index (χ0v) is 14.6. The average Bonchev–Trinajstić information content (AvgIpc) is 3.09. The van der Waals surface area contributed by atoms with E-state index in [9.17, 15) is 4.79 Å². The van der Waals surface area contributed by atoms with Gasteiger partial charge in [0.2, 0.25) is 11.9 Å². The number of carbonyl (C=O) groups is 1. The minimum absolute atomic E-state index is 0.0940. The minimum atomic E-state index is 0.0940. The molecule has 0 saturated heterocycles. The van der Waals surface area contributed by atoms with Crippen molar-refractivity contribution in [2.75, 3.05) is 12.8 Å². The van der Waals surface area contributed by atoms with Crippen molar-refractivity contribution in [2.24, 2.45) is 0 Å². The maximum absolute atomic E-state index is 12.7. The molecule has 2 aromatic carbocycles. The zero-order valence-electron chi connectivity index (χ0n) is 14.6. The summed E-state index contributed by atoms with van der Waals surface area (Å²) in [6.07, 6.45) is 2.75. The van der Waals surface area contributed by atoms with Crippen LogP contribution in [0.2, 0.25) is 0 Å². The Hall–Kier alpha value is -3.15. The number of hydrogen-bond acceptors (Lipinski definition) is 5. The number of aromatic nitrogens is 2. The third-order valence-electron chi connectivity index (χ3n) is 4.83. The lowest BCUT2D eigenvalue weighted by molar-refractivity contribution is -0.131. The van der Waals surface area contributed by atoms with Crippen LogP contribution in [0.1, 0.15) is 23.2 Å². The molecule has 1 aliphatic heterocycles. The van der Waals surface area contributed by atoms with Crippen molar-refractivity contribution in [1.29, 1.82) is 0 Å². The van der Waals surface area contributed by atoms with E-state index < -0.39 is 0 Å². The van der Waals surface area contributed by atoms with Crippen LogP contribution in [0, 0.1) is 0 Å². The van der Waals surface area contributed by atoms with Gasteiger partial charge in [-0.05, 0) is 23.3 Å². The number of benzene rings is 2. The highest BCUT2D eigenvalue weighted by Gasteiger charge is 2.25. The number of nitrogens with two attached hydrogens (primary N) is 1. The van der Waals surface area contributed by atoms with E-state index >= 15 is 0 Å². The van der Waals surface area contributed by atoms with E-state index in [1.807, 2.05) is 24.3 Å². The molecule has 0 unspecified atom stereocenters. The third kappa shape index (κ3) is 2.94. The van der Waals surface area contributed by atoms with Gasteiger partial charge in [-0.15, -0.1) is 0 Å². The molecule has 0 atom stereocenters. The van der Waals surface area contributed by atoms with Crippen LogP contribution in [0.5, 0.6) is 5.75 Å². The Labute approximate surface area is 151 Å². The fourth-order valence-electron chi connectivity index (χ4n) is 3.50. The number of carbonyl (C=O) groups excluding carboxylic acids is 1. The van der Waals surface area contributed by atoms with Crippen molar-refractivity contribution < 1.29 is 9.53 Å². The molecular weight excluding hydrogens is 328 g/mol. The number of nitrogen functional groups attached to an aromatic ring is 1. The fraction of sp³-hybridized carbons (Fsp3) is 0.250. The topological polar surface area (TPSA) is 81.3 Å². The largest absolute Gasteiger partial charge is 0.496 e. The fourth-order valence-corrected chi connectivity index (χ4v) is 3.50. The molecule has 6 nitrogen and oxygen atoms in total. The molecule has 0 radical (unpaired) electrons. The second kappa shape index (κ2) is 6.63. The molecule has 2 heterocycles. The Morgan fingerprint density at radius 3 is 2.92 bits per heavy atom. The van der Waals surface area contributed by atoms with Crippen LogP contribution in [-0.4, -0.2) is 27.9 Å². The van der Waals surface area contributed by atoms with E-state index in [2.05, 4.69) is 22.1 Å². The minimum Gasteiger partial charge on any atom is -0.496 e. The third-order valence-corrected chi connectivity index (χ3v) is 4.83. The van der Waals surface area contributed by atoms with Gasteiger partial charge in [-0.2, -0.15) is 0 Å². The Bertz CT molecular complexity index is 987. The summed E-state index contributed by atoms with van der Waals surface area (Å²) in [6.45, 7) is 1.04. The number of fused-ring (bicyclic) bond motifs is 2. The standard InChI is InChI=1S/C20H20N4O2/c1-26-18-8-6-13-4-2-3-5-15(13)16(18)7-9-19(25)24-11-14-10-22-20(21)23-17(14)12-24/h2-6,8,10H,7,9,11-12H2,1H3,(H2,21,22,23). The lowest BCUT2D eigenvalue weighted by Crippen LogP contribution is -2.25. The number of anilines is 1. The van der Waals surface area contributed by atoms with Crippen LogP contribution in [0.15, 0.2) is 42.6 Å². The molecule has 0 saturated carbocycles. The van der Waals surface area contributed by atoms with Crippen molar-refractivity contribution in [2.45, 2.75) is 25.9 Å². The van der Waals surface area contributed by atoms with E-state index in [1.54, 1.807) is 18.2 Å². The number of ether oxygens (including phenoxy) is 1. The van der Waals surface area contributed by atoms with Crippen LogP contribution in [-0.2, 0) is 24.3 Å². The summed E-state index contributed by atoms with van der Waals surface area (Å²) in [4.78, 5) is 22.7. The number of aryl methyl sites for hydroxylation is 1. The molecule has 0 aliphatic carbocycles. The van der Waals surface area contributed by atoms with Crippen molar-refractivity contribution in [1.82, 2.24) is 14.9 Å². The van der Waals surface area contributed by atoms with Crippen LogP contribution < -0.4 is 10.5 Å². The van der Waals surface area contributed by atoms with E-state index in [4.69, 9.17) is 10.5 Å². The van der Waals surface area contributed by atoms with Gasteiger partial charge in [0.25, 0.3) is 0 Å². The first-order chi connectivity index (χ1) is 12.7. The predicted molar refractivity (Wildman–Crippen MR) is 99.5 cm³/mol. The number of hydrogen-bond donors (Lipinski definition) is 1. The maximum atomic E-state index is 12.7. The molecule has 1 aromatic heterocycles. The van der Waals surface area contributed by atoms with Gasteiger partial charge in [0, 0.05) is 30.3 Å². The first-order valence-electron chi connectivity index (χ1n) is 8.58. The van der Waals surface area contributed by atoms with E-state index in [0.717, 1.165) is 33.3 Å². The Balaban J connectivity index is 1.51. The second-order valence-electron chi connectivity index (χ2n) is 6.42. The molecule has 1 aliphatic rings. The highest BCUT2D eigenvalue weighted by atomic mass is 16.5. The smallest absolute Gasteiger partial charge is 0.223 e. The number of amides is 1. The molecule has 2 N–H and O–H groups in total. The summed E-state index contributed by atoms with van der Waals surface area (Å²) in [6, 6.07) is 12.2. The first kappa shape index (κ1) is 16.3. The van der Waals surface area contributed by atoms with Gasteiger partial charge in [0.15, 0.2) is 0 Å². The highest BCUT2D eigenvalue weighted by Crippen LogP contribution is 2.30. The van der Waals surface area contributed by atoms with Gasteiger partial charge in [-0.1, -0.05) is 30.3 Å². The van der Waals surface area contributed by atoms with E-state index in [0.29, 0.717) is 25.9 Å². The van der Waals surface area contributed by atoms with Crippen LogP contribution in [0.4, 0.5) is 5.95 Å². The van der Waals surface area contributed by atoms with Crippen molar-refractivity contribution in [3.8, 4) is 5.75 Å². The SMILES string of the molecule is COc1ccc2ccccc2c1CCC(=O)N1Cc2cnc(N)nc2C1. The number of methoxy groups -OCH3 is 1. The van der Waals surface area contributed by atoms with E-state index in [1.165, 1.54) is 0 Å².